The molecule has 1 nitrogen and oxygen atoms in total. The van der Waals surface area contributed by atoms with Gasteiger partial charge in [-0.05, 0) is 108 Å². The van der Waals surface area contributed by atoms with Gasteiger partial charge in [0, 0.05) is 27.9 Å². The molecule has 1 aliphatic heterocycles. The maximum Gasteiger partial charge on any atom is 0.180 e. The predicted octanol–water partition coefficient (Wildman–Crippen LogP) is 6.94. The molecule has 7 heteroatoms. The summed E-state index contributed by atoms with van der Waals surface area (Å²) in [5.74, 6) is 0. The van der Waals surface area contributed by atoms with Gasteiger partial charge in [0.2, 0.25) is 0 Å². The lowest BCUT2D eigenvalue weighted by Crippen LogP contribution is -2.18. The van der Waals surface area contributed by atoms with E-state index >= 15 is 0 Å². The second-order valence-electron chi connectivity index (χ2n) is 4.15. The van der Waals surface area contributed by atoms with Crippen LogP contribution in [0, 0.1) is 0 Å². The number of benzene rings is 1. The summed E-state index contributed by atoms with van der Waals surface area (Å²) in [4.78, 5) is 0. The molecule has 0 saturated carbocycles. The van der Waals surface area contributed by atoms with Gasteiger partial charge in [-0.25, -0.2) is 0 Å². The van der Waals surface area contributed by atoms with Crippen molar-refractivity contribution in [1.82, 2.24) is 0 Å². The number of allylic oxidation sites excluding steroid dienone is 2. The van der Waals surface area contributed by atoms with E-state index in [2.05, 4.69) is 102 Å². The van der Waals surface area contributed by atoms with Crippen molar-refractivity contribution in [2.45, 2.75) is 10.1 Å². The maximum atomic E-state index is 5.98. The fraction of sp³-hybridized carbons (Fsp3) is 0.167. The van der Waals surface area contributed by atoms with E-state index in [-0.39, 0.29) is 0 Å². The lowest BCUT2D eigenvalue weighted by molar-refractivity contribution is 0.339. The molecular weight excluding hydrogens is 640 g/mol. The summed E-state index contributed by atoms with van der Waals surface area (Å²) in [7, 11) is 0. The number of hydrogen-bond donors (Lipinski definition) is 0. The Bertz CT molecular complexity index is 623. The highest BCUT2D eigenvalue weighted by atomic mass is 79.9. The van der Waals surface area contributed by atoms with E-state index in [0.717, 1.165) is 27.9 Å². The van der Waals surface area contributed by atoms with E-state index in [4.69, 9.17) is 4.74 Å². The van der Waals surface area contributed by atoms with Gasteiger partial charge in [0.15, 0.2) is 10.1 Å². The highest BCUT2D eigenvalue weighted by Crippen LogP contribution is 2.66. The first kappa shape index (κ1) is 15.4. The first-order valence-electron chi connectivity index (χ1n) is 5.12. The average Bonchev–Trinajstić information content (AvgIpc) is 3.01. The van der Waals surface area contributed by atoms with Gasteiger partial charge in [0.1, 0.15) is 0 Å². The van der Waals surface area contributed by atoms with Gasteiger partial charge in [0.05, 0.1) is 0 Å². The number of ether oxygens (including phenoxy) is 1. The van der Waals surface area contributed by atoms with Gasteiger partial charge in [-0.3, -0.25) is 0 Å². The Morgan fingerprint density at radius 1 is 0.737 bits per heavy atom. The molecule has 1 heterocycles. The second-order valence-corrected chi connectivity index (χ2v) is 9.29. The number of rotatable bonds is 1. The molecule has 100 valence electrons. The van der Waals surface area contributed by atoms with Crippen LogP contribution in [0.15, 0.2) is 46.7 Å². The van der Waals surface area contributed by atoms with Crippen molar-refractivity contribution in [1.29, 1.82) is 0 Å². The van der Waals surface area contributed by atoms with E-state index in [1.54, 1.807) is 0 Å². The van der Waals surface area contributed by atoms with Crippen molar-refractivity contribution in [3.63, 3.8) is 0 Å². The average molecular weight is 644 g/mol. The molecule has 2 aliphatic rings. The number of halogens is 6. The number of fused-ring (bicyclic) bond motifs is 1. The van der Waals surface area contributed by atoms with Gasteiger partial charge in [-0.1, -0.05) is 12.2 Å². The normalized spacial score (nSPS) is 31.5. The van der Waals surface area contributed by atoms with Crippen LogP contribution in [0.25, 0.3) is 0 Å². The third kappa shape index (κ3) is 2.10. The third-order valence-corrected chi connectivity index (χ3v) is 10.2. The molecule has 1 aliphatic carbocycles. The molecule has 0 aromatic heterocycles. The summed E-state index contributed by atoms with van der Waals surface area (Å²) in [5, 5.41) is 0. The lowest BCUT2D eigenvalue weighted by Gasteiger charge is -2.19. The highest BCUT2D eigenvalue weighted by Gasteiger charge is 2.69. The molecule has 2 atom stereocenters. The van der Waals surface area contributed by atoms with E-state index in [9.17, 15) is 0 Å². The first-order valence-corrected chi connectivity index (χ1v) is 9.88. The van der Waals surface area contributed by atoms with Gasteiger partial charge in [-0.2, -0.15) is 0 Å². The molecule has 0 radical (unpaired) electrons. The highest BCUT2D eigenvalue weighted by molar-refractivity contribution is 9.15. The summed E-state index contributed by atoms with van der Waals surface area (Å²) in [5.41, 5.74) is 0.539. The molecule has 0 bridgehead atoms. The Hall–Kier alpha value is 1.54. The van der Waals surface area contributed by atoms with Crippen LogP contribution in [0.5, 0.6) is 0 Å². The molecule has 19 heavy (non-hydrogen) atoms. The summed E-state index contributed by atoms with van der Waals surface area (Å²) >= 11 is 21.7. The fourth-order valence-corrected chi connectivity index (χ4v) is 6.49. The molecular formula is C12H4Br6O. The monoisotopic (exact) mass is 638 g/mol. The largest absolute Gasteiger partial charge is 0.336 e. The first-order chi connectivity index (χ1) is 8.84. The minimum atomic E-state index is -0.495. The van der Waals surface area contributed by atoms with Gasteiger partial charge in [-0.15, -0.1) is 0 Å². The van der Waals surface area contributed by atoms with Crippen molar-refractivity contribution < 1.29 is 4.74 Å². The topological polar surface area (TPSA) is 12.5 Å². The molecule has 0 spiro atoms. The zero-order chi connectivity index (χ0) is 14.0. The molecule has 1 saturated heterocycles. The summed E-state index contributed by atoms with van der Waals surface area (Å²) in [6.07, 6.45) is 8.04. The van der Waals surface area contributed by atoms with Crippen molar-refractivity contribution in [3.05, 3.63) is 52.2 Å². The van der Waals surface area contributed by atoms with Crippen LogP contribution < -0.4 is 0 Å². The number of hydrogen-bond acceptors (Lipinski definition) is 1. The van der Waals surface area contributed by atoms with Crippen molar-refractivity contribution >= 4 is 95.6 Å². The van der Waals surface area contributed by atoms with Crippen molar-refractivity contribution in [2.24, 2.45) is 0 Å². The summed E-state index contributed by atoms with van der Waals surface area (Å²) < 4.78 is 10.3. The Labute approximate surface area is 161 Å². The Morgan fingerprint density at radius 2 is 1.21 bits per heavy atom. The predicted molar refractivity (Wildman–Crippen MR) is 97.6 cm³/mol. The van der Waals surface area contributed by atoms with Crippen molar-refractivity contribution in [3.8, 4) is 0 Å². The minimum absolute atomic E-state index is 0.466. The van der Waals surface area contributed by atoms with Crippen LogP contribution in [-0.4, -0.2) is 4.51 Å². The van der Waals surface area contributed by atoms with Gasteiger partial charge >= 0.3 is 0 Å². The van der Waals surface area contributed by atoms with E-state index < -0.39 is 10.1 Å². The quantitative estimate of drug-likeness (QED) is 0.140. The fourth-order valence-electron chi connectivity index (χ4n) is 2.12. The minimum Gasteiger partial charge on any atom is -0.336 e. The van der Waals surface area contributed by atoms with E-state index in [1.165, 1.54) is 0 Å². The van der Waals surface area contributed by atoms with Crippen LogP contribution >= 0.6 is 95.6 Å². The Morgan fingerprint density at radius 3 is 1.74 bits per heavy atom. The molecule has 0 N–H and O–H groups in total. The number of epoxide rings is 1. The van der Waals surface area contributed by atoms with Crippen LogP contribution in [0.1, 0.15) is 5.56 Å². The van der Waals surface area contributed by atoms with Crippen LogP contribution in [0.2, 0.25) is 0 Å². The zero-order valence-corrected chi connectivity index (χ0v) is 18.5. The standard InChI is InChI=1S/C12H4Br6O/c13-6-5(7(14)9(16)10(17)8(6)15)11-3-1-2-4-12(11,18)19-11/h1-4H. The molecule has 1 aromatic rings. The van der Waals surface area contributed by atoms with Crippen molar-refractivity contribution in [2.75, 3.05) is 0 Å². The van der Waals surface area contributed by atoms with Gasteiger partial charge < -0.3 is 4.74 Å². The van der Waals surface area contributed by atoms with E-state index in [0.29, 0.717) is 0 Å². The van der Waals surface area contributed by atoms with Gasteiger partial charge in [0.25, 0.3) is 0 Å². The van der Waals surface area contributed by atoms with Crippen LogP contribution in [0.4, 0.5) is 0 Å². The molecule has 3 rings (SSSR count). The molecule has 1 aromatic carbocycles. The SMILES string of the molecule is Brc1c(Br)c(Br)c(C23C=CC=CC2(Br)O3)c(Br)c1Br. The lowest BCUT2D eigenvalue weighted by atomic mass is 9.92. The second kappa shape index (κ2) is 5.03. The Balaban J connectivity index is 2.29. The zero-order valence-electron chi connectivity index (χ0n) is 8.99. The summed E-state index contributed by atoms with van der Waals surface area (Å²) in [6.45, 7) is 0. The molecule has 2 unspecified atom stereocenters. The maximum absolute atomic E-state index is 5.98. The van der Waals surface area contributed by atoms with E-state index in [1.807, 2.05) is 18.2 Å². The summed E-state index contributed by atoms with van der Waals surface area (Å²) in [6, 6.07) is 0. The molecule has 0 amide bonds. The smallest absolute Gasteiger partial charge is 0.180 e. The molecule has 1 fully saturated rings. The van der Waals surface area contributed by atoms with Crippen LogP contribution in [-0.2, 0) is 10.3 Å². The third-order valence-electron chi connectivity index (χ3n) is 3.11. The number of alkyl halides is 1. The Kier molecular flexibility index (Phi) is 4.09. The van der Waals surface area contributed by atoms with Crippen LogP contribution in [0.3, 0.4) is 0 Å².